The lowest BCUT2D eigenvalue weighted by Gasteiger charge is -2.12. The lowest BCUT2D eigenvalue weighted by Crippen LogP contribution is -2.12. The molecule has 0 fully saturated rings. The molecule has 0 aliphatic rings. The fourth-order valence-electron chi connectivity index (χ4n) is 3.79. The summed E-state index contributed by atoms with van der Waals surface area (Å²) in [7, 11) is 2.90. The highest BCUT2D eigenvalue weighted by Crippen LogP contribution is 2.31. The van der Waals surface area contributed by atoms with Gasteiger partial charge in [0.15, 0.2) is 0 Å². The largest absolute Gasteiger partial charge is 0.496 e. The van der Waals surface area contributed by atoms with Crippen LogP contribution in [0.1, 0.15) is 10.4 Å². The van der Waals surface area contributed by atoms with Crippen molar-refractivity contribution in [2.75, 3.05) is 14.2 Å². The van der Waals surface area contributed by atoms with Gasteiger partial charge < -0.3 is 23.4 Å². The summed E-state index contributed by atoms with van der Waals surface area (Å²) in [5.74, 6) is 0.733. The van der Waals surface area contributed by atoms with E-state index in [0.29, 0.717) is 17.2 Å². The minimum absolute atomic E-state index is 0.0521. The van der Waals surface area contributed by atoms with Crippen molar-refractivity contribution in [2.45, 2.75) is 0 Å². The normalized spacial score (nSPS) is 10.8. The third-order valence-electron chi connectivity index (χ3n) is 5.51. The molecule has 7 heteroatoms. The molecule has 5 aromatic rings. The number of rotatable bonds is 6. The Balaban J connectivity index is 1.42. The van der Waals surface area contributed by atoms with Crippen LogP contribution in [0, 0.1) is 0 Å². The maximum absolute atomic E-state index is 13.0. The first-order valence-corrected chi connectivity index (χ1v) is 10.7. The molecule has 0 atom stereocenters. The molecule has 174 valence electrons. The van der Waals surface area contributed by atoms with Gasteiger partial charge in [-0.05, 0) is 47.2 Å². The van der Waals surface area contributed by atoms with Crippen LogP contribution in [0.15, 0.2) is 94.3 Å². The quantitative estimate of drug-likeness (QED) is 0.224. The van der Waals surface area contributed by atoms with Gasteiger partial charge in [0.05, 0.1) is 19.6 Å². The van der Waals surface area contributed by atoms with E-state index in [4.69, 9.17) is 23.4 Å². The van der Waals surface area contributed by atoms with E-state index in [9.17, 15) is 9.59 Å². The second-order valence-corrected chi connectivity index (χ2v) is 7.63. The Hall–Kier alpha value is -4.78. The van der Waals surface area contributed by atoms with Crippen molar-refractivity contribution in [3.8, 4) is 28.7 Å². The second-order valence-electron chi connectivity index (χ2n) is 7.63. The second kappa shape index (κ2) is 9.23. The third kappa shape index (κ3) is 4.27. The van der Waals surface area contributed by atoms with Crippen molar-refractivity contribution >= 4 is 27.7 Å². The molecule has 0 aliphatic heterocycles. The SMILES string of the molecule is COc1cccc(OC)c1C(=O)Oc1ccc2c(=O)c(Oc3ccc4ccccc4c3)coc2c1. The lowest BCUT2D eigenvalue weighted by atomic mass is 10.1. The fraction of sp³-hybridized carbons (Fsp3) is 0.0714. The molecule has 0 spiro atoms. The smallest absolute Gasteiger partial charge is 0.351 e. The first-order valence-electron chi connectivity index (χ1n) is 10.7. The van der Waals surface area contributed by atoms with Crippen molar-refractivity contribution in [1.29, 1.82) is 0 Å². The van der Waals surface area contributed by atoms with Crippen molar-refractivity contribution in [3.05, 3.63) is 101 Å². The monoisotopic (exact) mass is 468 g/mol. The summed E-state index contributed by atoms with van der Waals surface area (Å²) in [6, 6.07) is 22.9. The van der Waals surface area contributed by atoms with Crippen molar-refractivity contribution in [1.82, 2.24) is 0 Å². The molecule has 35 heavy (non-hydrogen) atoms. The molecule has 0 saturated carbocycles. The van der Waals surface area contributed by atoms with Crippen LogP contribution >= 0.6 is 0 Å². The molecule has 1 heterocycles. The lowest BCUT2D eigenvalue weighted by molar-refractivity contribution is 0.0727. The van der Waals surface area contributed by atoms with Crippen molar-refractivity contribution < 1.29 is 28.2 Å². The van der Waals surface area contributed by atoms with Crippen LogP contribution in [0.3, 0.4) is 0 Å². The maximum atomic E-state index is 13.0. The third-order valence-corrected chi connectivity index (χ3v) is 5.51. The van der Waals surface area contributed by atoms with E-state index >= 15 is 0 Å². The van der Waals surface area contributed by atoms with Gasteiger partial charge >= 0.3 is 5.97 Å². The molecular formula is C28H20O7. The minimum atomic E-state index is -0.669. The fourth-order valence-corrected chi connectivity index (χ4v) is 3.79. The number of carbonyl (C=O) groups excluding carboxylic acids is 1. The highest BCUT2D eigenvalue weighted by atomic mass is 16.5. The number of hydrogen-bond acceptors (Lipinski definition) is 7. The van der Waals surface area contributed by atoms with E-state index in [1.54, 1.807) is 24.3 Å². The Bertz CT molecular complexity index is 1600. The van der Waals surface area contributed by atoms with Gasteiger partial charge in [-0.2, -0.15) is 0 Å². The zero-order valence-electron chi connectivity index (χ0n) is 18.9. The standard InChI is InChI=1S/C28H20O7/c1-31-22-8-5-9-23(32-2)26(22)28(30)35-20-12-13-21-24(15-20)33-16-25(27(21)29)34-19-11-10-17-6-3-4-7-18(17)14-19/h3-16H,1-2H3. The molecule has 0 unspecified atom stereocenters. The summed E-state index contributed by atoms with van der Waals surface area (Å²) < 4.78 is 27.5. The van der Waals surface area contributed by atoms with Gasteiger partial charge in [-0.25, -0.2) is 4.79 Å². The van der Waals surface area contributed by atoms with E-state index in [0.717, 1.165) is 10.8 Å². The summed E-state index contributed by atoms with van der Waals surface area (Å²) in [6.45, 7) is 0. The summed E-state index contributed by atoms with van der Waals surface area (Å²) in [6.07, 6.45) is 1.24. The predicted molar refractivity (Wildman–Crippen MR) is 131 cm³/mol. The van der Waals surface area contributed by atoms with E-state index in [1.165, 1.54) is 38.7 Å². The van der Waals surface area contributed by atoms with Gasteiger partial charge in [0.25, 0.3) is 0 Å². The molecule has 0 radical (unpaired) electrons. The van der Waals surface area contributed by atoms with Gasteiger partial charge in [-0.3, -0.25) is 4.79 Å². The Morgan fingerprint density at radius 3 is 2.20 bits per heavy atom. The van der Waals surface area contributed by atoms with Crippen LogP contribution < -0.4 is 24.4 Å². The zero-order valence-corrected chi connectivity index (χ0v) is 18.9. The van der Waals surface area contributed by atoms with Crippen LogP contribution in [0.5, 0.6) is 28.7 Å². The van der Waals surface area contributed by atoms with Gasteiger partial charge in [0.1, 0.15) is 40.4 Å². The van der Waals surface area contributed by atoms with Crippen LogP contribution in [-0.2, 0) is 0 Å². The van der Waals surface area contributed by atoms with Crippen molar-refractivity contribution in [2.24, 2.45) is 0 Å². The zero-order chi connectivity index (χ0) is 24.4. The summed E-state index contributed by atoms with van der Waals surface area (Å²) in [4.78, 5) is 25.8. The highest BCUT2D eigenvalue weighted by Gasteiger charge is 2.21. The maximum Gasteiger partial charge on any atom is 0.351 e. The van der Waals surface area contributed by atoms with Crippen LogP contribution in [0.2, 0.25) is 0 Å². The summed E-state index contributed by atoms with van der Waals surface area (Å²) in [5.41, 5.74) is 0.0556. The van der Waals surface area contributed by atoms with E-state index in [-0.39, 0.29) is 33.5 Å². The van der Waals surface area contributed by atoms with Crippen LogP contribution in [-0.4, -0.2) is 20.2 Å². The molecule has 0 bridgehead atoms. The van der Waals surface area contributed by atoms with Crippen LogP contribution in [0.4, 0.5) is 0 Å². The molecule has 1 aromatic heterocycles. The number of carbonyl (C=O) groups is 1. The minimum Gasteiger partial charge on any atom is -0.496 e. The first kappa shape index (κ1) is 22.0. The Labute approximate surface area is 200 Å². The molecule has 5 rings (SSSR count). The predicted octanol–water partition coefficient (Wildman–Crippen LogP) is 5.97. The molecule has 0 N–H and O–H groups in total. The summed E-state index contributed by atoms with van der Waals surface area (Å²) >= 11 is 0. The molecular weight excluding hydrogens is 448 g/mol. The van der Waals surface area contributed by atoms with Gasteiger partial charge in [-0.15, -0.1) is 0 Å². The van der Waals surface area contributed by atoms with Gasteiger partial charge in [0, 0.05) is 6.07 Å². The van der Waals surface area contributed by atoms with E-state index in [1.807, 2.05) is 36.4 Å². The number of methoxy groups -OCH3 is 2. The molecule has 0 aliphatic carbocycles. The molecule has 0 amide bonds. The van der Waals surface area contributed by atoms with Gasteiger partial charge in [0.2, 0.25) is 11.2 Å². The number of fused-ring (bicyclic) bond motifs is 2. The highest BCUT2D eigenvalue weighted by molar-refractivity contribution is 5.97. The van der Waals surface area contributed by atoms with Gasteiger partial charge in [-0.1, -0.05) is 36.4 Å². The number of hydrogen-bond donors (Lipinski definition) is 0. The Kier molecular flexibility index (Phi) is 5.81. The average molecular weight is 468 g/mol. The number of benzene rings is 4. The Morgan fingerprint density at radius 1 is 0.743 bits per heavy atom. The summed E-state index contributed by atoms with van der Waals surface area (Å²) in [5, 5.41) is 2.35. The Morgan fingerprint density at radius 2 is 1.46 bits per heavy atom. The first-order chi connectivity index (χ1) is 17.1. The molecule has 0 saturated heterocycles. The number of ether oxygens (including phenoxy) is 4. The average Bonchev–Trinajstić information content (AvgIpc) is 2.89. The molecule has 7 nitrogen and oxygen atoms in total. The number of esters is 1. The van der Waals surface area contributed by atoms with Crippen molar-refractivity contribution in [3.63, 3.8) is 0 Å². The van der Waals surface area contributed by atoms with Crippen LogP contribution in [0.25, 0.3) is 21.7 Å². The van der Waals surface area contributed by atoms with E-state index in [2.05, 4.69) is 0 Å². The molecule has 4 aromatic carbocycles. The topological polar surface area (TPSA) is 84.2 Å². The van der Waals surface area contributed by atoms with E-state index < -0.39 is 5.97 Å².